The van der Waals surface area contributed by atoms with Gasteiger partial charge in [0.15, 0.2) is 0 Å². The quantitative estimate of drug-likeness (QED) is 0.179. The van der Waals surface area contributed by atoms with E-state index in [9.17, 15) is 4.79 Å². The molecule has 0 aromatic heterocycles. The van der Waals surface area contributed by atoms with Crippen molar-refractivity contribution in [2.75, 3.05) is 0 Å². The maximum absolute atomic E-state index is 12.8. The van der Waals surface area contributed by atoms with E-state index in [4.69, 9.17) is 9.47 Å². The van der Waals surface area contributed by atoms with Gasteiger partial charge in [0, 0.05) is 0 Å². The molecule has 0 spiro atoms. The van der Waals surface area contributed by atoms with Gasteiger partial charge in [0.25, 0.3) is 0 Å². The molecule has 0 aliphatic rings. The van der Waals surface area contributed by atoms with E-state index in [0.717, 1.165) is 50.5 Å². The van der Waals surface area contributed by atoms with Crippen LogP contribution in [0.4, 0.5) is 4.79 Å². The highest BCUT2D eigenvalue weighted by atomic mass is 16.7. The molecule has 0 aliphatic carbocycles. The van der Waals surface area contributed by atoms with Gasteiger partial charge in [0.05, 0.1) is 0 Å². The van der Waals surface area contributed by atoms with Crippen molar-refractivity contribution in [3.63, 3.8) is 0 Å². The van der Waals surface area contributed by atoms with E-state index in [0.29, 0.717) is 11.5 Å². The highest BCUT2D eigenvalue weighted by molar-refractivity contribution is 5.69. The summed E-state index contributed by atoms with van der Waals surface area (Å²) >= 11 is 0. The average Bonchev–Trinajstić information content (AvgIpc) is 2.80. The van der Waals surface area contributed by atoms with E-state index in [1.54, 1.807) is 0 Å². The molecule has 0 saturated carbocycles. The fraction of sp³-hybridized carbons (Fsp3) is 0.552. The van der Waals surface area contributed by atoms with Gasteiger partial charge in [-0.25, -0.2) is 4.79 Å². The second-order valence-electron chi connectivity index (χ2n) is 8.50. The zero-order chi connectivity index (χ0) is 23.3. The second kappa shape index (κ2) is 14.0. The van der Waals surface area contributed by atoms with E-state index in [2.05, 4.69) is 46.8 Å². The van der Waals surface area contributed by atoms with E-state index in [1.807, 2.05) is 18.2 Å². The normalized spacial score (nSPS) is 10.9. The first-order valence-electron chi connectivity index (χ1n) is 12.7. The summed E-state index contributed by atoms with van der Waals surface area (Å²) in [4.78, 5) is 12.8. The Balaban J connectivity index is 2.24. The lowest BCUT2D eigenvalue weighted by Crippen LogP contribution is -2.17. The molecular weight excluding hydrogens is 396 g/mol. The van der Waals surface area contributed by atoms with Crippen molar-refractivity contribution in [1.82, 2.24) is 0 Å². The number of ether oxygens (including phenoxy) is 2. The van der Waals surface area contributed by atoms with Gasteiger partial charge in [-0.15, -0.1) is 0 Å². The number of hydrogen-bond donors (Lipinski definition) is 0. The molecule has 0 radical (unpaired) electrons. The molecule has 2 aromatic carbocycles. The Kier molecular flexibility index (Phi) is 11.3. The second-order valence-corrected chi connectivity index (χ2v) is 8.50. The van der Waals surface area contributed by atoms with Crippen LogP contribution in [0.1, 0.15) is 101 Å². The molecule has 0 fully saturated rings. The Labute approximate surface area is 195 Å². The van der Waals surface area contributed by atoms with Gasteiger partial charge in [0.2, 0.25) is 0 Å². The monoisotopic (exact) mass is 438 g/mol. The summed E-state index contributed by atoms with van der Waals surface area (Å²) in [6.45, 7) is 10.9. The van der Waals surface area contributed by atoms with Gasteiger partial charge in [-0.3, -0.25) is 0 Å². The van der Waals surface area contributed by atoms with Crippen LogP contribution in [0, 0.1) is 0 Å². The number of hydrogen-bond acceptors (Lipinski definition) is 3. The molecule has 0 saturated heterocycles. The minimum Gasteiger partial charge on any atom is -0.394 e. The Bertz CT molecular complexity index is 854. The largest absolute Gasteiger partial charge is 0.519 e. The standard InChI is InChI=1S/C29H42O3/c1-6-11-13-16-23-17-15-19-27(26(23)18-14-12-7-2)31-29(30)32-28-21-20-22(8-3)24(9-4)25(28)10-5/h15,17,19-21H,6-14,16,18H2,1-5H3. The minimum atomic E-state index is -0.645. The molecule has 3 heteroatoms. The SMILES string of the molecule is CCCCCc1cccc(OC(=O)Oc2ccc(CC)c(CC)c2CC)c1CCCCC. The summed E-state index contributed by atoms with van der Waals surface area (Å²) in [5, 5.41) is 0. The van der Waals surface area contributed by atoms with Gasteiger partial charge in [-0.1, -0.05) is 78.5 Å². The topological polar surface area (TPSA) is 35.5 Å². The summed E-state index contributed by atoms with van der Waals surface area (Å²) in [5.74, 6) is 1.28. The summed E-state index contributed by atoms with van der Waals surface area (Å²) in [5.41, 5.74) is 6.19. The van der Waals surface area contributed by atoms with Crippen LogP contribution in [-0.2, 0) is 32.1 Å². The van der Waals surface area contributed by atoms with Crippen molar-refractivity contribution in [2.24, 2.45) is 0 Å². The molecule has 176 valence electrons. The Hall–Kier alpha value is -2.29. The average molecular weight is 439 g/mol. The molecule has 0 bridgehead atoms. The maximum Gasteiger partial charge on any atom is 0.519 e. The zero-order valence-corrected chi connectivity index (χ0v) is 20.9. The highest BCUT2D eigenvalue weighted by Gasteiger charge is 2.18. The third-order valence-electron chi connectivity index (χ3n) is 6.27. The van der Waals surface area contributed by atoms with E-state index < -0.39 is 6.16 Å². The molecular formula is C29H42O3. The van der Waals surface area contributed by atoms with Crippen molar-refractivity contribution in [1.29, 1.82) is 0 Å². The number of rotatable bonds is 13. The van der Waals surface area contributed by atoms with Crippen LogP contribution < -0.4 is 9.47 Å². The molecule has 0 unspecified atom stereocenters. The number of carbonyl (C=O) groups excluding carboxylic acids is 1. The molecule has 0 heterocycles. The molecule has 0 amide bonds. The van der Waals surface area contributed by atoms with E-state index in [1.165, 1.54) is 47.9 Å². The van der Waals surface area contributed by atoms with Gasteiger partial charge < -0.3 is 9.47 Å². The zero-order valence-electron chi connectivity index (χ0n) is 20.9. The number of benzene rings is 2. The maximum atomic E-state index is 12.8. The van der Waals surface area contributed by atoms with Crippen LogP contribution >= 0.6 is 0 Å². The summed E-state index contributed by atoms with van der Waals surface area (Å²) in [7, 11) is 0. The van der Waals surface area contributed by atoms with E-state index >= 15 is 0 Å². The predicted molar refractivity (Wildman–Crippen MR) is 134 cm³/mol. The van der Waals surface area contributed by atoms with Crippen molar-refractivity contribution in [2.45, 2.75) is 105 Å². The number of unbranched alkanes of at least 4 members (excludes halogenated alkanes) is 4. The Morgan fingerprint density at radius 1 is 0.625 bits per heavy atom. The van der Waals surface area contributed by atoms with Gasteiger partial charge in [-0.2, -0.15) is 0 Å². The molecule has 32 heavy (non-hydrogen) atoms. The smallest absolute Gasteiger partial charge is 0.394 e. The molecule has 2 rings (SSSR count). The lowest BCUT2D eigenvalue weighted by Gasteiger charge is -2.17. The van der Waals surface area contributed by atoms with Crippen LogP contribution in [0.2, 0.25) is 0 Å². The summed E-state index contributed by atoms with van der Waals surface area (Å²) < 4.78 is 11.5. The minimum absolute atomic E-state index is 0.623. The fourth-order valence-corrected chi connectivity index (χ4v) is 4.52. The molecule has 0 N–H and O–H groups in total. The van der Waals surface area contributed by atoms with Crippen LogP contribution in [0.5, 0.6) is 11.5 Å². The van der Waals surface area contributed by atoms with Crippen LogP contribution in [-0.4, -0.2) is 6.16 Å². The van der Waals surface area contributed by atoms with Crippen molar-refractivity contribution in [3.8, 4) is 11.5 Å². The van der Waals surface area contributed by atoms with Gasteiger partial charge in [0.1, 0.15) is 11.5 Å². The lowest BCUT2D eigenvalue weighted by molar-refractivity contribution is 0.151. The first kappa shape index (κ1) is 26.0. The number of carbonyl (C=O) groups is 1. The number of aryl methyl sites for hydroxylation is 2. The Morgan fingerprint density at radius 3 is 1.84 bits per heavy atom. The lowest BCUT2D eigenvalue weighted by atomic mass is 9.95. The molecule has 0 aliphatic heterocycles. The third-order valence-corrected chi connectivity index (χ3v) is 6.27. The van der Waals surface area contributed by atoms with Gasteiger partial charge >= 0.3 is 6.16 Å². The first-order chi connectivity index (χ1) is 15.6. The molecule has 2 aromatic rings. The molecule has 3 nitrogen and oxygen atoms in total. The predicted octanol–water partition coefficient (Wildman–Crippen LogP) is 8.42. The van der Waals surface area contributed by atoms with E-state index in [-0.39, 0.29) is 0 Å². The van der Waals surface area contributed by atoms with Crippen LogP contribution in [0.3, 0.4) is 0 Å². The fourth-order valence-electron chi connectivity index (χ4n) is 4.52. The Morgan fingerprint density at radius 2 is 1.25 bits per heavy atom. The highest BCUT2D eigenvalue weighted by Crippen LogP contribution is 2.30. The first-order valence-corrected chi connectivity index (χ1v) is 12.7. The van der Waals surface area contributed by atoms with Crippen LogP contribution in [0.15, 0.2) is 30.3 Å². The summed E-state index contributed by atoms with van der Waals surface area (Å²) in [6, 6.07) is 10.1. The van der Waals surface area contributed by atoms with Crippen molar-refractivity contribution >= 4 is 6.16 Å². The van der Waals surface area contributed by atoms with Crippen LogP contribution in [0.25, 0.3) is 0 Å². The van der Waals surface area contributed by atoms with Crippen molar-refractivity contribution in [3.05, 3.63) is 58.1 Å². The third kappa shape index (κ3) is 7.12. The van der Waals surface area contributed by atoms with Crippen molar-refractivity contribution < 1.29 is 14.3 Å². The van der Waals surface area contributed by atoms with Gasteiger partial charge in [-0.05, 0) is 84.9 Å². The molecule has 0 atom stereocenters. The summed E-state index contributed by atoms with van der Waals surface area (Å²) in [6.07, 6.45) is 11.1.